The molecule has 0 spiro atoms. The van der Waals surface area contributed by atoms with E-state index in [2.05, 4.69) is 5.32 Å². The molecular formula is C18H25FN2O2. The predicted octanol–water partition coefficient (Wildman–Crippen LogP) is 2.68. The molecule has 1 aliphatic carbocycles. The zero-order chi connectivity index (χ0) is 16.2. The molecule has 2 unspecified atom stereocenters. The van der Waals surface area contributed by atoms with E-state index in [-0.39, 0.29) is 35.8 Å². The molecule has 23 heavy (non-hydrogen) atoms. The van der Waals surface area contributed by atoms with Crippen molar-refractivity contribution in [3.05, 3.63) is 35.6 Å². The normalized spacial score (nSPS) is 28.7. The van der Waals surface area contributed by atoms with E-state index in [0.29, 0.717) is 13.0 Å². The van der Waals surface area contributed by atoms with Gasteiger partial charge in [-0.3, -0.25) is 4.79 Å². The SMILES string of the molecule is N[C@@H]1CCC[C@H]1CC(=O)NC(c1ccc(F)cc1)C1CCCO1. The fourth-order valence-electron chi connectivity index (χ4n) is 3.72. The predicted molar refractivity (Wildman–Crippen MR) is 86.2 cm³/mol. The van der Waals surface area contributed by atoms with Crippen LogP contribution in [0.1, 0.15) is 50.1 Å². The van der Waals surface area contributed by atoms with Crippen LogP contribution in [0.4, 0.5) is 4.39 Å². The molecule has 0 bridgehead atoms. The second-order valence-electron chi connectivity index (χ2n) is 6.71. The van der Waals surface area contributed by atoms with Gasteiger partial charge in [-0.15, -0.1) is 0 Å². The minimum absolute atomic E-state index is 0.0113. The van der Waals surface area contributed by atoms with Crippen LogP contribution in [0.5, 0.6) is 0 Å². The van der Waals surface area contributed by atoms with Crippen molar-refractivity contribution in [2.45, 2.75) is 56.7 Å². The van der Waals surface area contributed by atoms with E-state index >= 15 is 0 Å². The van der Waals surface area contributed by atoms with Gasteiger partial charge < -0.3 is 15.8 Å². The van der Waals surface area contributed by atoms with Crippen molar-refractivity contribution >= 4 is 5.91 Å². The van der Waals surface area contributed by atoms with E-state index in [1.165, 1.54) is 12.1 Å². The molecule has 1 aromatic carbocycles. The first-order valence-electron chi connectivity index (χ1n) is 8.55. The van der Waals surface area contributed by atoms with Crippen LogP contribution in [0.3, 0.4) is 0 Å². The van der Waals surface area contributed by atoms with Crippen molar-refractivity contribution in [1.82, 2.24) is 5.32 Å². The lowest BCUT2D eigenvalue weighted by Gasteiger charge is -2.26. The van der Waals surface area contributed by atoms with Crippen LogP contribution in [0.2, 0.25) is 0 Å². The number of nitrogens with two attached hydrogens (primary N) is 1. The smallest absolute Gasteiger partial charge is 0.220 e. The zero-order valence-electron chi connectivity index (χ0n) is 13.3. The Labute approximate surface area is 136 Å². The Bertz CT molecular complexity index is 528. The maximum absolute atomic E-state index is 13.2. The van der Waals surface area contributed by atoms with Gasteiger partial charge in [0.05, 0.1) is 12.1 Å². The standard InChI is InChI=1S/C18H25FN2O2/c19-14-8-6-12(7-9-14)18(16-5-2-10-23-16)21-17(22)11-13-3-1-4-15(13)20/h6-9,13,15-16,18H,1-5,10-11,20H2,(H,21,22)/t13-,15+,16?,18?/m0/s1. The Morgan fingerprint density at radius 1 is 1.26 bits per heavy atom. The lowest BCUT2D eigenvalue weighted by atomic mass is 9.96. The van der Waals surface area contributed by atoms with Gasteiger partial charge in [0.1, 0.15) is 5.82 Å². The van der Waals surface area contributed by atoms with Crippen LogP contribution in [-0.2, 0) is 9.53 Å². The number of carbonyl (C=O) groups is 1. The molecule has 1 aromatic rings. The van der Waals surface area contributed by atoms with E-state index in [9.17, 15) is 9.18 Å². The van der Waals surface area contributed by atoms with Crippen LogP contribution in [0.15, 0.2) is 24.3 Å². The van der Waals surface area contributed by atoms with Crippen molar-refractivity contribution in [1.29, 1.82) is 0 Å². The number of hydrogen-bond donors (Lipinski definition) is 2. The molecule has 4 nitrogen and oxygen atoms in total. The summed E-state index contributed by atoms with van der Waals surface area (Å²) in [5.74, 6) is 0.00800. The molecule has 1 amide bonds. The number of ether oxygens (including phenoxy) is 1. The van der Waals surface area contributed by atoms with E-state index in [0.717, 1.165) is 37.7 Å². The van der Waals surface area contributed by atoms with Crippen LogP contribution in [-0.4, -0.2) is 24.7 Å². The average molecular weight is 320 g/mol. The topological polar surface area (TPSA) is 64.4 Å². The lowest BCUT2D eigenvalue weighted by molar-refractivity contribution is -0.123. The molecule has 2 fully saturated rings. The molecule has 1 saturated heterocycles. The van der Waals surface area contributed by atoms with Gasteiger partial charge in [-0.1, -0.05) is 18.6 Å². The van der Waals surface area contributed by atoms with Gasteiger partial charge in [-0.05, 0) is 49.3 Å². The number of nitrogens with one attached hydrogen (secondary N) is 1. The Hall–Kier alpha value is -1.46. The maximum atomic E-state index is 13.2. The van der Waals surface area contributed by atoms with E-state index in [1.807, 2.05) is 0 Å². The van der Waals surface area contributed by atoms with Gasteiger partial charge in [0, 0.05) is 19.1 Å². The van der Waals surface area contributed by atoms with Gasteiger partial charge in [-0.25, -0.2) is 4.39 Å². The summed E-state index contributed by atoms with van der Waals surface area (Å²) in [6.45, 7) is 0.714. The molecule has 2 aliphatic rings. The van der Waals surface area contributed by atoms with E-state index in [4.69, 9.17) is 10.5 Å². The summed E-state index contributed by atoms with van der Waals surface area (Å²) in [7, 11) is 0. The highest BCUT2D eigenvalue weighted by Crippen LogP contribution is 2.29. The lowest BCUT2D eigenvalue weighted by Crippen LogP contribution is -2.38. The highest BCUT2D eigenvalue weighted by Gasteiger charge is 2.31. The second kappa shape index (κ2) is 7.41. The fourth-order valence-corrected chi connectivity index (χ4v) is 3.72. The maximum Gasteiger partial charge on any atom is 0.220 e. The summed E-state index contributed by atoms with van der Waals surface area (Å²) in [5.41, 5.74) is 6.95. The quantitative estimate of drug-likeness (QED) is 0.877. The highest BCUT2D eigenvalue weighted by atomic mass is 19.1. The van der Waals surface area contributed by atoms with Crippen LogP contribution in [0, 0.1) is 11.7 Å². The number of halogens is 1. The molecule has 1 saturated carbocycles. The van der Waals surface area contributed by atoms with Crippen molar-refractivity contribution in [2.24, 2.45) is 11.7 Å². The molecule has 0 aromatic heterocycles. The number of benzene rings is 1. The molecule has 1 aliphatic heterocycles. The minimum Gasteiger partial charge on any atom is -0.376 e. The Kier molecular flexibility index (Phi) is 5.28. The van der Waals surface area contributed by atoms with E-state index < -0.39 is 0 Å². The van der Waals surface area contributed by atoms with Gasteiger partial charge in [-0.2, -0.15) is 0 Å². The van der Waals surface area contributed by atoms with Crippen LogP contribution < -0.4 is 11.1 Å². The van der Waals surface area contributed by atoms with E-state index in [1.54, 1.807) is 12.1 Å². The molecule has 1 heterocycles. The molecular weight excluding hydrogens is 295 g/mol. The summed E-state index contributed by atoms with van der Waals surface area (Å²) in [6, 6.07) is 6.22. The van der Waals surface area contributed by atoms with Crippen molar-refractivity contribution in [2.75, 3.05) is 6.61 Å². The number of amides is 1. The van der Waals surface area contributed by atoms with Crippen LogP contribution >= 0.6 is 0 Å². The zero-order valence-corrected chi connectivity index (χ0v) is 13.3. The molecule has 126 valence electrons. The van der Waals surface area contributed by atoms with Gasteiger partial charge in [0.25, 0.3) is 0 Å². The summed E-state index contributed by atoms with van der Waals surface area (Å²) in [5, 5.41) is 3.10. The summed E-state index contributed by atoms with van der Waals surface area (Å²) in [6.07, 6.45) is 5.46. The Balaban J connectivity index is 1.68. The van der Waals surface area contributed by atoms with Crippen LogP contribution in [0.25, 0.3) is 0 Å². The summed E-state index contributed by atoms with van der Waals surface area (Å²) < 4.78 is 18.9. The third kappa shape index (κ3) is 4.09. The third-order valence-corrected chi connectivity index (χ3v) is 5.05. The first-order chi connectivity index (χ1) is 11.1. The van der Waals surface area contributed by atoms with Gasteiger partial charge >= 0.3 is 0 Å². The van der Waals surface area contributed by atoms with Gasteiger partial charge in [0.2, 0.25) is 5.91 Å². The van der Waals surface area contributed by atoms with Gasteiger partial charge in [0.15, 0.2) is 0 Å². The summed E-state index contributed by atoms with van der Waals surface area (Å²) >= 11 is 0. The molecule has 0 radical (unpaired) electrons. The van der Waals surface area contributed by atoms with Crippen molar-refractivity contribution < 1.29 is 13.9 Å². The average Bonchev–Trinajstić information content (AvgIpc) is 3.19. The third-order valence-electron chi connectivity index (χ3n) is 5.05. The molecule has 3 N–H and O–H groups in total. The number of hydrogen-bond acceptors (Lipinski definition) is 3. The monoisotopic (exact) mass is 320 g/mol. The first-order valence-corrected chi connectivity index (χ1v) is 8.55. The molecule has 4 atom stereocenters. The highest BCUT2D eigenvalue weighted by molar-refractivity contribution is 5.77. The Morgan fingerprint density at radius 3 is 2.65 bits per heavy atom. The Morgan fingerprint density at radius 2 is 2.04 bits per heavy atom. The fraction of sp³-hybridized carbons (Fsp3) is 0.611. The largest absolute Gasteiger partial charge is 0.376 e. The number of carbonyl (C=O) groups excluding carboxylic acids is 1. The summed E-state index contributed by atoms with van der Waals surface area (Å²) in [4.78, 5) is 12.5. The molecule has 3 rings (SSSR count). The minimum atomic E-state index is -0.275. The number of rotatable bonds is 5. The first kappa shape index (κ1) is 16.4. The van der Waals surface area contributed by atoms with Crippen molar-refractivity contribution in [3.63, 3.8) is 0 Å². The molecule has 5 heteroatoms. The second-order valence-corrected chi connectivity index (χ2v) is 6.71. The van der Waals surface area contributed by atoms with Crippen molar-refractivity contribution in [3.8, 4) is 0 Å².